The second-order valence-electron chi connectivity index (χ2n) is 6.56. The van der Waals surface area contributed by atoms with E-state index in [1.165, 1.54) is 17.2 Å². The van der Waals surface area contributed by atoms with E-state index >= 15 is 0 Å². The highest BCUT2D eigenvalue weighted by Crippen LogP contribution is 2.38. The molecule has 0 saturated heterocycles. The highest BCUT2D eigenvalue weighted by Gasteiger charge is 2.22. The summed E-state index contributed by atoms with van der Waals surface area (Å²) < 4.78 is 5.90. The average Bonchev–Trinajstić information content (AvgIpc) is 2.73. The smallest absolute Gasteiger partial charge is 0.337 e. The maximum Gasteiger partial charge on any atom is 0.337 e. The molecule has 3 aromatic rings. The summed E-state index contributed by atoms with van der Waals surface area (Å²) in [5.74, 6) is 0.199. The van der Waals surface area contributed by atoms with E-state index in [-0.39, 0.29) is 11.5 Å². The molecule has 1 unspecified atom stereocenters. The maximum absolute atomic E-state index is 11.4. The molecule has 6 heteroatoms. The topological polar surface area (TPSA) is 71.5 Å². The van der Waals surface area contributed by atoms with Gasteiger partial charge >= 0.3 is 5.97 Å². The number of hydrogen-bond acceptors (Lipinski definition) is 5. The molecule has 2 N–H and O–H groups in total. The molecule has 28 heavy (non-hydrogen) atoms. The lowest BCUT2D eigenvalue weighted by atomic mass is 9.93. The predicted molar refractivity (Wildman–Crippen MR) is 110 cm³/mol. The van der Waals surface area contributed by atoms with Crippen molar-refractivity contribution >= 4 is 23.4 Å². The zero-order chi connectivity index (χ0) is 19.3. The zero-order valence-corrected chi connectivity index (χ0v) is 16.0. The van der Waals surface area contributed by atoms with Crippen LogP contribution in [0.25, 0.3) is 0 Å². The highest BCUT2D eigenvalue weighted by molar-refractivity contribution is 7.99. The van der Waals surface area contributed by atoms with Crippen LogP contribution in [0.5, 0.6) is 5.75 Å². The van der Waals surface area contributed by atoms with Crippen molar-refractivity contribution in [2.75, 3.05) is 18.5 Å². The number of aromatic nitrogens is 1. The number of ether oxygens (including phenoxy) is 1. The van der Waals surface area contributed by atoms with Crippen LogP contribution in [0.2, 0.25) is 0 Å². The van der Waals surface area contributed by atoms with Crippen LogP contribution in [0.1, 0.15) is 28.3 Å². The van der Waals surface area contributed by atoms with Crippen LogP contribution < -0.4 is 10.1 Å². The van der Waals surface area contributed by atoms with E-state index in [1.807, 2.05) is 18.2 Å². The van der Waals surface area contributed by atoms with Gasteiger partial charge in [-0.15, -0.1) is 0 Å². The van der Waals surface area contributed by atoms with Crippen LogP contribution >= 0.6 is 11.8 Å². The third kappa shape index (κ3) is 4.12. The first-order chi connectivity index (χ1) is 13.7. The van der Waals surface area contributed by atoms with Crippen molar-refractivity contribution < 1.29 is 14.6 Å². The normalized spacial score (nSPS) is 15.4. The van der Waals surface area contributed by atoms with Gasteiger partial charge in [0.2, 0.25) is 0 Å². The summed E-state index contributed by atoms with van der Waals surface area (Å²) in [7, 11) is 0. The van der Waals surface area contributed by atoms with Crippen molar-refractivity contribution in [3.8, 4) is 5.75 Å². The molecule has 1 aromatic heterocycles. The fourth-order valence-electron chi connectivity index (χ4n) is 3.30. The Balaban J connectivity index is 1.49. The summed E-state index contributed by atoms with van der Waals surface area (Å²) in [4.78, 5) is 17.7. The Labute approximate surface area is 167 Å². The fourth-order valence-corrected chi connectivity index (χ4v) is 4.17. The van der Waals surface area contributed by atoms with Gasteiger partial charge in [-0.1, -0.05) is 36.0 Å². The van der Waals surface area contributed by atoms with E-state index in [1.54, 1.807) is 18.0 Å². The molecule has 2 aromatic carbocycles. The number of rotatable bonds is 6. The number of anilines is 1. The minimum Gasteiger partial charge on any atom is -0.493 e. The second kappa shape index (κ2) is 8.35. The van der Waals surface area contributed by atoms with E-state index in [2.05, 4.69) is 40.6 Å². The van der Waals surface area contributed by atoms with Gasteiger partial charge in [0.1, 0.15) is 5.75 Å². The Bertz CT molecular complexity index is 979. The molecule has 2 heterocycles. The first kappa shape index (κ1) is 18.4. The zero-order valence-electron chi connectivity index (χ0n) is 15.2. The van der Waals surface area contributed by atoms with Crippen molar-refractivity contribution in [2.24, 2.45) is 0 Å². The lowest BCUT2D eigenvalue weighted by Crippen LogP contribution is -2.21. The Morgan fingerprint density at radius 3 is 2.86 bits per heavy atom. The predicted octanol–water partition coefficient (Wildman–Crippen LogP) is 4.91. The monoisotopic (exact) mass is 392 g/mol. The van der Waals surface area contributed by atoms with Crippen molar-refractivity contribution in [1.82, 2.24) is 4.98 Å². The standard InChI is InChI=1S/C22H20N2O3S/c25-22(26)19-8-10-23-14-20(19)24-13-15-9-11-27-21-12-17(6-7-18(15)21)28-16-4-2-1-3-5-16/h1-8,10,12,14-15,24H,9,11,13H2,(H,25,26). The molecule has 0 bridgehead atoms. The van der Waals surface area contributed by atoms with Gasteiger partial charge in [-0.25, -0.2) is 4.79 Å². The SMILES string of the molecule is O=C(O)c1ccncc1NCC1CCOc2cc(Sc3ccccc3)ccc21. The lowest BCUT2D eigenvalue weighted by molar-refractivity contribution is 0.0697. The molecule has 4 rings (SSSR count). The number of nitrogens with one attached hydrogen (secondary N) is 1. The fraction of sp³-hybridized carbons (Fsp3) is 0.182. The van der Waals surface area contributed by atoms with E-state index in [0.29, 0.717) is 18.8 Å². The number of carbonyl (C=O) groups is 1. The minimum atomic E-state index is -0.958. The van der Waals surface area contributed by atoms with Gasteiger partial charge in [-0.3, -0.25) is 4.98 Å². The Kier molecular flexibility index (Phi) is 5.48. The number of carboxylic acid groups (broad SMARTS) is 1. The molecular weight excluding hydrogens is 372 g/mol. The molecule has 5 nitrogen and oxygen atoms in total. The maximum atomic E-state index is 11.4. The van der Waals surface area contributed by atoms with Crippen molar-refractivity contribution in [3.63, 3.8) is 0 Å². The third-order valence-electron chi connectivity index (χ3n) is 4.72. The molecule has 0 spiro atoms. The minimum absolute atomic E-state index is 0.233. The summed E-state index contributed by atoms with van der Waals surface area (Å²) in [5, 5.41) is 12.6. The molecule has 0 saturated carbocycles. The van der Waals surface area contributed by atoms with Gasteiger partial charge < -0.3 is 15.2 Å². The summed E-state index contributed by atoms with van der Waals surface area (Å²) >= 11 is 1.71. The first-order valence-corrected chi connectivity index (χ1v) is 9.93. The van der Waals surface area contributed by atoms with Crippen LogP contribution in [0.3, 0.4) is 0 Å². The van der Waals surface area contributed by atoms with Crippen LogP contribution in [-0.4, -0.2) is 29.2 Å². The van der Waals surface area contributed by atoms with Crippen molar-refractivity contribution in [2.45, 2.75) is 22.1 Å². The van der Waals surface area contributed by atoms with Crippen molar-refractivity contribution in [3.05, 3.63) is 78.1 Å². The average molecular weight is 392 g/mol. The van der Waals surface area contributed by atoms with Gasteiger partial charge in [-0.05, 0) is 42.3 Å². The Hall–Kier alpha value is -2.99. The number of nitrogens with zero attached hydrogens (tertiary/aromatic N) is 1. The van der Waals surface area contributed by atoms with Crippen LogP contribution in [0, 0.1) is 0 Å². The number of benzene rings is 2. The van der Waals surface area contributed by atoms with Gasteiger partial charge in [0.15, 0.2) is 0 Å². The third-order valence-corrected chi connectivity index (χ3v) is 5.72. The molecule has 0 aliphatic carbocycles. The second-order valence-corrected chi connectivity index (χ2v) is 7.70. The van der Waals surface area contributed by atoms with Gasteiger partial charge in [0.25, 0.3) is 0 Å². The number of fused-ring (bicyclic) bond motifs is 1. The number of pyridine rings is 1. The summed E-state index contributed by atoms with van der Waals surface area (Å²) in [5.41, 5.74) is 1.92. The van der Waals surface area contributed by atoms with E-state index < -0.39 is 5.97 Å². The van der Waals surface area contributed by atoms with E-state index in [9.17, 15) is 9.90 Å². The summed E-state index contributed by atoms with van der Waals surface area (Å²) in [6, 6.07) is 18.1. The first-order valence-electron chi connectivity index (χ1n) is 9.11. The molecule has 1 aliphatic heterocycles. The Morgan fingerprint density at radius 1 is 1.18 bits per heavy atom. The number of hydrogen-bond donors (Lipinski definition) is 2. The molecular formula is C22H20N2O3S. The van der Waals surface area contributed by atoms with Gasteiger partial charge in [-0.2, -0.15) is 0 Å². The van der Waals surface area contributed by atoms with E-state index in [4.69, 9.17) is 4.74 Å². The number of carboxylic acids is 1. The molecule has 0 radical (unpaired) electrons. The molecule has 1 atom stereocenters. The van der Waals surface area contributed by atoms with Crippen molar-refractivity contribution in [1.29, 1.82) is 0 Å². The van der Waals surface area contributed by atoms with Crippen LogP contribution in [0.4, 0.5) is 5.69 Å². The Morgan fingerprint density at radius 2 is 2.04 bits per heavy atom. The van der Waals surface area contributed by atoms with Crippen LogP contribution in [-0.2, 0) is 0 Å². The quantitative estimate of drug-likeness (QED) is 0.621. The molecule has 142 valence electrons. The summed E-state index contributed by atoms with van der Waals surface area (Å²) in [6.45, 7) is 1.28. The molecule has 0 fully saturated rings. The highest BCUT2D eigenvalue weighted by atomic mass is 32.2. The van der Waals surface area contributed by atoms with Gasteiger partial charge in [0.05, 0.1) is 24.1 Å². The summed E-state index contributed by atoms with van der Waals surface area (Å²) in [6.07, 6.45) is 3.93. The lowest BCUT2D eigenvalue weighted by Gasteiger charge is -2.27. The largest absolute Gasteiger partial charge is 0.493 e. The van der Waals surface area contributed by atoms with Crippen LogP contribution in [0.15, 0.2) is 76.8 Å². The molecule has 1 aliphatic rings. The van der Waals surface area contributed by atoms with E-state index in [0.717, 1.165) is 22.6 Å². The number of aromatic carboxylic acids is 1. The van der Waals surface area contributed by atoms with Gasteiger partial charge in [0, 0.05) is 28.5 Å². The molecule has 0 amide bonds.